The molecule has 0 spiro atoms. The van der Waals surface area contributed by atoms with Gasteiger partial charge in [0, 0.05) is 0 Å². The molecule has 0 fully saturated rings. The number of hydrogen-bond acceptors (Lipinski definition) is 4. The lowest BCUT2D eigenvalue weighted by atomic mass is 10.0. The summed E-state index contributed by atoms with van der Waals surface area (Å²) in [6, 6.07) is 2.57. The molecule has 0 saturated heterocycles. The van der Waals surface area contributed by atoms with Gasteiger partial charge in [-0.15, -0.1) is 0 Å². The third kappa shape index (κ3) is 2.22. The number of primary amides is 1. The van der Waals surface area contributed by atoms with Crippen LogP contribution in [0.2, 0.25) is 0 Å². The maximum Gasteiger partial charge on any atom is 0.424 e. The molecule has 0 aliphatic rings. The van der Waals surface area contributed by atoms with Crippen LogP contribution in [0.15, 0.2) is 12.1 Å². The van der Waals surface area contributed by atoms with Crippen LogP contribution < -0.4 is 5.73 Å². The van der Waals surface area contributed by atoms with E-state index in [4.69, 9.17) is 11.0 Å². The fourth-order valence-corrected chi connectivity index (χ4v) is 1.36. The second kappa shape index (κ2) is 4.33. The van der Waals surface area contributed by atoms with Crippen molar-refractivity contribution in [3.63, 3.8) is 0 Å². The molecule has 0 atom stereocenters. The molecule has 1 rings (SSSR count). The number of nitriles is 1. The van der Waals surface area contributed by atoms with Gasteiger partial charge in [-0.25, -0.2) is 0 Å². The minimum absolute atomic E-state index is 0.663. The van der Waals surface area contributed by atoms with Crippen molar-refractivity contribution < 1.29 is 22.9 Å². The van der Waals surface area contributed by atoms with Crippen LogP contribution in [0.1, 0.15) is 21.5 Å². The number of carbonyl (C=O) groups excluding carboxylic acids is 1. The Hall–Kier alpha value is -2.63. The first-order chi connectivity index (χ1) is 8.20. The maximum absolute atomic E-state index is 12.7. The van der Waals surface area contributed by atoms with Crippen molar-refractivity contribution >= 4 is 11.6 Å². The Morgan fingerprint density at radius 3 is 2.33 bits per heavy atom. The Morgan fingerprint density at radius 2 is 2.00 bits per heavy atom. The second-order valence-corrected chi connectivity index (χ2v) is 3.12. The number of nitrogens with two attached hydrogens (primary N) is 1. The number of benzene rings is 1. The van der Waals surface area contributed by atoms with E-state index < -0.39 is 39.4 Å². The molecule has 0 saturated carbocycles. The molecular formula is C9H4F3N3O3. The van der Waals surface area contributed by atoms with Gasteiger partial charge >= 0.3 is 6.18 Å². The highest BCUT2D eigenvalue weighted by Gasteiger charge is 2.43. The van der Waals surface area contributed by atoms with Gasteiger partial charge in [0.2, 0.25) is 0 Å². The lowest BCUT2D eigenvalue weighted by Gasteiger charge is -2.10. The molecule has 0 aromatic heterocycles. The summed E-state index contributed by atoms with van der Waals surface area (Å²) in [7, 11) is 0. The van der Waals surface area contributed by atoms with Crippen molar-refractivity contribution in [2.45, 2.75) is 6.18 Å². The van der Waals surface area contributed by atoms with Crippen molar-refractivity contribution in [3.8, 4) is 6.07 Å². The van der Waals surface area contributed by atoms with Gasteiger partial charge in [-0.3, -0.25) is 14.9 Å². The Bertz CT molecular complexity index is 575. The molecular weight excluding hydrogens is 255 g/mol. The number of rotatable bonds is 2. The number of nitro groups is 1. The van der Waals surface area contributed by atoms with Crippen LogP contribution in [0.5, 0.6) is 0 Å². The molecule has 1 amide bonds. The lowest BCUT2D eigenvalue weighted by molar-refractivity contribution is -0.388. The highest BCUT2D eigenvalue weighted by atomic mass is 19.4. The number of nitrogens with zero attached hydrogens (tertiary/aromatic N) is 2. The molecule has 1 aromatic carbocycles. The lowest BCUT2D eigenvalue weighted by Crippen LogP contribution is -2.19. The second-order valence-electron chi connectivity index (χ2n) is 3.12. The van der Waals surface area contributed by atoms with E-state index in [2.05, 4.69) is 0 Å². The van der Waals surface area contributed by atoms with E-state index in [0.717, 1.165) is 0 Å². The zero-order valence-electron chi connectivity index (χ0n) is 8.49. The summed E-state index contributed by atoms with van der Waals surface area (Å²) in [4.78, 5) is 20.1. The summed E-state index contributed by atoms with van der Waals surface area (Å²) in [5, 5.41) is 19.2. The average Bonchev–Trinajstić information content (AvgIpc) is 2.25. The van der Waals surface area contributed by atoms with E-state index in [0.29, 0.717) is 12.1 Å². The molecule has 0 heterocycles. The summed E-state index contributed by atoms with van der Waals surface area (Å²) in [5.74, 6) is -1.38. The van der Waals surface area contributed by atoms with Crippen molar-refractivity contribution in [1.82, 2.24) is 0 Å². The Labute approximate surface area is 97.6 Å². The van der Waals surface area contributed by atoms with E-state index in [1.54, 1.807) is 0 Å². The molecule has 0 aliphatic carbocycles. The van der Waals surface area contributed by atoms with Crippen molar-refractivity contribution in [3.05, 3.63) is 38.9 Å². The molecule has 18 heavy (non-hydrogen) atoms. The van der Waals surface area contributed by atoms with Gasteiger partial charge in [-0.1, -0.05) is 0 Å². The zero-order valence-corrected chi connectivity index (χ0v) is 8.49. The van der Waals surface area contributed by atoms with Crippen LogP contribution in [-0.4, -0.2) is 10.8 Å². The van der Waals surface area contributed by atoms with Crippen molar-refractivity contribution in [1.29, 1.82) is 5.26 Å². The smallest absolute Gasteiger partial charge is 0.365 e. The third-order valence-electron chi connectivity index (χ3n) is 2.03. The Kier molecular flexibility index (Phi) is 3.23. The fourth-order valence-electron chi connectivity index (χ4n) is 1.36. The van der Waals surface area contributed by atoms with Crippen LogP contribution >= 0.6 is 0 Å². The number of alkyl halides is 3. The van der Waals surface area contributed by atoms with Crippen molar-refractivity contribution in [2.24, 2.45) is 5.73 Å². The highest BCUT2D eigenvalue weighted by molar-refractivity contribution is 5.98. The van der Waals surface area contributed by atoms with Gasteiger partial charge in [0.15, 0.2) is 5.56 Å². The SMILES string of the molecule is N#Cc1ccc(C(N)=O)c([N+](=O)[O-])c1C(F)(F)F. The van der Waals surface area contributed by atoms with Gasteiger partial charge in [0.1, 0.15) is 11.6 Å². The summed E-state index contributed by atoms with van der Waals surface area (Å²) in [6.07, 6.45) is -5.14. The average molecular weight is 259 g/mol. The highest BCUT2D eigenvalue weighted by Crippen LogP contribution is 2.40. The number of halogens is 3. The topological polar surface area (TPSA) is 110 Å². The summed E-state index contributed by atoms with van der Waals surface area (Å²) < 4.78 is 38.1. The number of carbonyl (C=O) groups is 1. The molecule has 94 valence electrons. The van der Waals surface area contributed by atoms with Crippen LogP contribution in [-0.2, 0) is 6.18 Å². The van der Waals surface area contributed by atoms with Gasteiger partial charge in [0.25, 0.3) is 11.6 Å². The first-order valence-corrected chi connectivity index (χ1v) is 4.28. The van der Waals surface area contributed by atoms with Crippen LogP contribution in [0.3, 0.4) is 0 Å². The van der Waals surface area contributed by atoms with Gasteiger partial charge in [-0.05, 0) is 12.1 Å². The molecule has 0 aliphatic heterocycles. The maximum atomic E-state index is 12.7. The third-order valence-corrected chi connectivity index (χ3v) is 2.03. The van der Waals surface area contributed by atoms with E-state index in [9.17, 15) is 28.1 Å². The molecule has 0 bridgehead atoms. The summed E-state index contributed by atoms with van der Waals surface area (Å²) >= 11 is 0. The van der Waals surface area contributed by atoms with Gasteiger partial charge in [0.05, 0.1) is 10.5 Å². The Morgan fingerprint density at radius 1 is 1.44 bits per heavy atom. The Balaban J connectivity index is 3.84. The number of nitro benzene ring substituents is 1. The van der Waals surface area contributed by atoms with E-state index in [-0.39, 0.29) is 0 Å². The van der Waals surface area contributed by atoms with E-state index in [1.807, 2.05) is 0 Å². The monoisotopic (exact) mass is 259 g/mol. The summed E-state index contributed by atoms with van der Waals surface area (Å²) in [6.45, 7) is 0. The fraction of sp³-hybridized carbons (Fsp3) is 0.111. The molecule has 6 nitrogen and oxygen atoms in total. The molecule has 1 aromatic rings. The van der Waals surface area contributed by atoms with Crippen LogP contribution in [0.25, 0.3) is 0 Å². The normalized spacial score (nSPS) is 10.8. The molecule has 9 heteroatoms. The predicted molar refractivity (Wildman–Crippen MR) is 51.3 cm³/mol. The van der Waals surface area contributed by atoms with Crippen LogP contribution in [0, 0.1) is 21.4 Å². The van der Waals surface area contributed by atoms with Gasteiger partial charge < -0.3 is 5.73 Å². The number of amides is 1. The number of hydrogen-bond donors (Lipinski definition) is 1. The van der Waals surface area contributed by atoms with Crippen molar-refractivity contribution in [2.75, 3.05) is 0 Å². The quantitative estimate of drug-likeness (QED) is 0.642. The standard InChI is InChI=1S/C9H4F3N3O3/c10-9(11,12)6-4(3-13)1-2-5(8(14)16)7(6)15(17)18/h1-2H,(H2,14,16). The van der Waals surface area contributed by atoms with Gasteiger partial charge in [-0.2, -0.15) is 18.4 Å². The van der Waals surface area contributed by atoms with E-state index >= 15 is 0 Å². The van der Waals surface area contributed by atoms with Crippen LogP contribution in [0.4, 0.5) is 18.9 Å². The summed E-state index contributed by atoms with van der Waals surface area (Å²) in [5.41, 5.74) is -0.357. The first-order valence-electron chi connectivity index (χ1n) is 4.28. The molecule has 0 radical (unpaired) electrons. The zero-order chi connectivity index (χ0) is 14.1. The minimum Gasteiger partial charge on any atom is -0.365 e. The largest absolute Gasteiger partial charge is 0.424 e. The first kappa shape index (κ1) is 13.4. The molecule has 2 N–H and O–H groups in total. The molecule has 0 unspecified atom stereocenters. The minimum atomic E-state index is -5.14. The predicted octanol–water partition coefficient (Wildman–Crippen LogP) is 1.58. The van der Waals surface area contributed by atoms with E-state index in [1.165, 1.54) is 6.07 Å².